The standard InChI is InChI=1S/C17H25BrN2O2/c1-5-20(6-2)17(22)15(10-12(3)4)19-16(21)13-8-7-9-14(18)11-13/h7-9,11-12,15H,5-6,10H2,1-4H3,(H,19,21)/t15-/m0/s1. The highest BCUT2D eigenvalue weighted by Crippen LogP contribution is 2.13. The Bertz CT molecular complexity index is 513. The van der Waals surface area contributed by atoms with E-state index in [0.29, 0.717) is 31.0 Å². The van der Waals surface area contributed by atoms with Crippen LogP contribution in [0.3, 0.4) is 0 Å². The van der Waals surface area contributed by atoms with Crippen molar-refractivity contribution in [1.82, 2.24) is 10.2 Å². The van der Waals surface area contributed by atoms with E-state index >= 15 is 0 Å². The first-order chi connectivity index (χ1) is 10.4. The minimum Gasteiger partial charge on any atom is -0.341 e. The van der Waals surface area contributed by atoms with Crippen molar-refractivity contribution in [2.24, 2.45) is 5.92 Å². The third-order valence-corrected chi connectivity index (χ3v) is 3.97. The van der Waals surface area contributed by atoms with Crippen LogP contribution in [-0.4, -0.2) is 35.8 Å². The Morgan fingerprint density at radius 1 is 1.23 bits per heavy atom. The number of halogens is 1. The molecule has 122 valence electrons. The quantitative estimate of drug-likeness (QED) is 0.800. The van der Waals surface area contributed by atoms with Gasteiger partial charge in [0.05, 0.1) is 0 Å². The molecule has 0 saturated carbocycles. The number of likely N-dealkylation sites (N-methyl/N-ethyl adjacent to an activating group) is 1. The molecule has 0 fully saturated rings. The summed E-state index contributed by atoms with van der Waals surface area (Å²) in [6.07, 6.45) is 0.634. The van der Waals surface area contributed by atoms with Gasteiger partial charge in [0.15, 0.2) is 0 Å². The summed E-state index contributed by atoms with van der Waals surface area (Å²) in [6, 6.07) is 6.69. The first kappa shape index (κ1) is 18.7. The highest BCUT2D eigenvalue weighted by molar-refractivity contribution is 9.10. The molecule has 0 spiro atoms. The first-order valence-electron chi connectivity index (χ1n) is 7.74. The van der Waals surface area contributed by atoms with Gasteiger partial charge in [-0.2, -0.15) is 0 Å². The lowest BCUT2D eigenvalue weighted by molar-refractivity contribution is -0.133. The van der Waals surface area contributed by atoms with Crippen molar-refractivity contribution in [3.8, 4) is 0 Å². The van der Waals surface area contributed by atoms with Crippen LogP contribution in [0.4, 0.5) is 0 Å². The number of nitrogens with zero attached hydrogens (tertiary/aromatic N) is 1. The Balaban J connectivity index is 2.89. The van der Waals surface area contributed by atoms with Crippen molar-refractivity contribution in [3.63, 3.8) is 0 Å². The topological polar surface area (TPSA) is 49.4 Å². The van der Waals surface area contributed by atoms with Gasteiger partial charge in [-0.05, 0) is 44.4 Å². The summed E-state index contributed by atoms with van der Waals surface area (Å²) < 4.78 is 0.843. The van der Waals surface area contributed by atoms with Crippen molar-refractivity contribution in [1.29, 1.82) is 0 Å². The van der Waals surface area contributed by atoms with Gasteiger partial charge in [0.2, 0.25) is 5.91 Å². The Morgan fingerprint density at radius 2 is 1.86 bits per heavy atom. The summed E-state index contributed by atoms with van der Waals surface area (Å²) in [5.41, 5.74) is 0.551. The average Bonchev–Trinajstić information content (AvgIpc) is 2.47. The van der Waals surface area contributed by atoms with E-state index in [-0.39, 0.29) is 11.8 Å². The summed E-state index contributed by atoms with van der Waals surface area (Å²) in [6.45, 7) is 9.29. The third kappa shape index (κ3) is 5.44. The number of hydrogen-bond donors (Lipinski definition) is 1. The van der Waals surface area contributed by atoms with Gasteiger partial charge in [-0.1, -0.05) is 35.8 Å². The van der Waals surface area contributed by atoms with E-state index in [1.807, 2.05) is 39.8 Å². The van der Waals surface area contributed by atoms with Crippen molar-refractivity contribution >= 4 is 27.7 Å². The molecule has 5 heteroatoms. The number of carbonyl (C=O) groups is 2. The van der Waals surface area contributed by atoms with Gasteiger partial charge in [0.25, 0.3) is 5.91 Å². The lowest BCUT2D eigenvalue weighted by atomic mass is 10.0. The fraction of sp³-hybridized carbons (Fsp3) is 0.529. The molecule has 0 unspecified atom stereocenters. The molecule has 1 aromatic rings. The van der Waals surface area contributed by atoms with Crippen LogP contribution in [0.2, 0.25) is 0 Å². The predicted molar refractivity (Wildman–Crippen MR) is 92.8 cm³/mol. The van der Waals surface area contributed by atoms with Crippen LogP contribution in [-0.2, 0) is 4.79 Å². The van der Waals surface area contributed by atoms with E-state index in [2.05, 4.69) is 21.2 Å². The van der Waals surface area contributed by atoms with Crippen LogP contribution in [0.25, 0.3) is 0 Å². The summed E-state index contributed by atoms with van der Waals surface area (Å²) in [5.74, 6) is 0.0989. The van der Waals surface area contributed by atoms with Crippen LogP contribution in [0.15, 0.2) is 28.7 Å². The molecule has 22 heavy (non-hydrogen) atoms. The maximum Gasteiger partial charge on any atom is 0.251 e. The fourth-order valence-corrected chi connectivity index (χ4v) is 2.72. The molecule has 0 heterocycles. The molecular weight excluding hydrogens is 344 g/mol. The zero-order valence-corrected chi connectivity index (χ0v) is 15.3. The number of nitrogens with one attached hydrogen (secondary N) is 1. The van der Waals surface area contributed by atoms with Gasteiger partial charge in [0, 0.05) is 23.1 Å². The Labute approximate surface area is 141 Å². The van der Waals surface area contributed by atoms with Gasteiger partial charge in [-0.3, -0.25) is 9.59 Å². The molecule has 0 aromatic heterocycles. The summed E-state index contributed by atoms with van der Waals surface area (Å²) in [4.78, 5) is 26.7. The number of carbonyl (C=O) groups excluding carboxylic acids is 2. The Morgan fingerprint density at radius 3 is 2.36 bits per heavy atom. The predicted octanol–water partition coefficient (Wildman–Crippen LogP) is 3.46. The van der Waals surface area contributed by atoms with Crippen LogP contribution in [0.5, 0.6) is 0 Å². The second-order valence-electron chi connectivity index (χ2n) is 5.68. The smallest absolute Gasteiger partial charge is 0.251 e. The number of hydrogen-bond acceptors (Lipinski definition) is 2. The van der Waals surface area contributed by atoms with E-state index < -0.39 is 6.04 Å². The number of amides is 2. The van der Waals surface area contributed by atoms with Gasteiger partial charge >= 0.3 is 0 Å². The monoisotopic (exact) mass is 368 g/mol. The molecule has 0 saturated heterocycles. The molecule has 2 amide bonds. The largest absolute Gasteiger partial charge is 0.341 e. The van der Waals surface area contributed by atoms with Crippen molar-refractivity contribution in [2.75, 3.05) is 13.1 Å². The highest BCUT2D eigenvalue weighted by atomic mass is 79.9. The SMILES string of the molecule is CCN(CC)C(=O)[C@H](CC(C)C)NC(=O)c1cccc(Br)c1. The van der Waals surface area contributed by atoms with Gasteiger partial charge in [-0.25, -0.2) is 0 Å². The summed E-state index contributed by atoms with van der Waals surface area (Å²) in [7, 11) is 0. The Kier molecular flexibility index (Phi) is 7.59. The minimum absolute atomic E-state index is 0.0120. The van der Waals surface area contributed by atoms with E-state index in [0.717, 1.165) is 4.47 Å². The van der Waals surface area contributed by atoms with Crippen LogP contribution in [0.1, 0.15) is 44.5 Å². The van der Waals surface area contributed by atoms with Gasteiger partial charge in [-0.15, -0.1) is 0 Å². The molecule has 4 nitrogen and oxygen atoms in total. The van der Waals surface area contributed by atoms with E-state index in [9.17, 15) is 9.59 Å². The molecule has 1 aromatic carbocycles. The lowest BCUT2D eigenvalue weighted by Crippen LogP contribution is -2.49. The zero-order valence-electron chi connectivity index (χ0n) is 13.7. The molecule has 0 aliphatic carbocycles. The normalized spacial score (nSPS) is 12.1. The van der Waals surface area contributed by atoms with Gasteiger partial charge in [0.1, 0.15) is 6.04 Å². The van der Waals surface area contributed by atoms with Crippen LogP contribution in [0, 0.1) is 5.92 Å². The first-order valence-corrected chi connectivity index (χ1v) is 8.53. The molecule has 1 N–H and O–H groups in total. The van der Waals surface area contributed by atoms with Gasteiger partial charge < -0.3 is 10.2 Å². The molecule has 0 bridgehead atoms. The number of benzene rings is 1. The van der Waals surface area contributed by atoms with Crippen molar-refractivity contribution < 1.29 is 9.59 Å². The number of rotatable bonds is 7. The maximum absolute atomic E-state index is 12.6. The molecule has 0 aliphatic rings. The Hall–Kier alpha value is -1.36. The van der Waals surface area contributed by atoms with E-state index in [4.69, 9.17) is 0 Å². The second-order valence-corrected chi connectivity index (χ2v) is 6.59. The highest BCUT2D eigenvalue weighted by Gasteiger charge is 2.25. The second kappa shape index (κ2) is 8.93. The minimum atomic E-state index is -0.480. The van der Waals surface area contributed by atoms with E-state index in [1.54, 1.807) is 17.0 Å². The maximum atomic E-state index is 12.6. The van der Waals surface area contributed by atoms with E-state index in [1.165, 1.54) is 0 Å². The third-order valence-electron chi connectivity index (χ3n) is 3.47. The molecule has 0 radical (unpaired) electrons. The lowest BCUT2D eigenvalue weighted by Gasteiger charge is -2.27. The van der Waals surface area contributed by atoms with Crippen LogP contribution < -0.4 is 5.32 Å². The van der Waals surface area contributed by atoms with Crippen LogP contribution >= 0.6 is 15.9 Å². The molecule has 1 atom stereocenters. The molecular formula is C17H25BrN2O2. The summed E-state index contributed by atoms with van der Waals surface area (Å²) >= 11 is 3.36. The average molecular weight is 369 g/mol. The zero-order chi connectivity index (χ0) is 16.7. The fourth-order valence-electron chi connectivity index (χ4n) is 2.32. The van der Waals surface area contributed by atoms with Crippen molar-refractivity contribution in [2.45, 2.75) is 40.2 Å². The molecule has 0 aliphatic heterocycles. The summed E-state index contributed by atoms with van der Waals surface area (Å²) in [5, 5.41) is 2.89. The molecule has 1 rings (SSSR count). The van der Waals surface area contributed by atoms with Crippen molar-refractivity contribution in [3.05, 3.63) is 34.3 Å².